The summed E-state index contributed by atoms with van der Waals surface area (Å²) in [4.78, 5) is 0. The van der Waals surface area contributed by atoms with Crippen LogP contribution < -0.4 is 10.6 Å². The van der Waals surface area contributed by atoms with E-state index in [0.717, 1.165) is 25.4 Å². The van der Waals surface area contributed by atoms with Crippen molar-refractivity contribution in [2.75, 3.05) is 19.6 Å². The van der Waals surface area contributed by atoms with E-state index in [1.807, 2.05) is 0 Å². The summed E-state index contributed by atoms with van der Waals surface area (Å²) in [6.07, 6.45) is 3.62. The molecule has 1 aliphatic carbocycles. The lowest BCUT2D eigenvalue weighted by Gasteiger charge is -2.10. The molecule has 2 rings (SSSR count). The molecule has 0 bridgehead atoms. The topological polar surface area (TPSA) is 44.3 Å². The quantitative estimate of drug-likeness (QED) is 0.543. The normalized spacial score (nSPS) is 35.8. The molecule has 1 aliphatic heterocycles. The summed E-state index contributed by atoms with van der Waals surface area (Å²) >= 11 is 0. The van der Waals surface area contributed by atoms with Crippen LogP contribution in [0.1, 0.15) is 19.3 Å². The van der Waals surface area contributed by atoms with Gasteiger partial charge in [0, 0.05) is 19.1 Å². The Labute approximate surface area is 73.5 Å². The predicted octanol–water partition coefficient (Wildman–Crippen LogP) is -0.291. The van der Waals surface area contributed by atoms with Crippen molar-refractivity contribution < 1.29 is 5.11 Å². The zero-order valence-corrected chi connectivity index (χ0v) is 7.42. The van der Waals surface area contributed by atoms with E-state index in [-0.39, 0.29) is 6.10 Å². The number of aliphatic hydroxyl groups excluding tert-OH is 1. The van der Waals surface area contributed by atoms with Crippen LogP contribution in [0, 0.1) is 5.92 Å². The van der Waals surface area contributed by atoms with E-state index in [9.17, 15) is 5.11 Å². The SMILES string of the molecule is OC1CNC(CNCC2CC2)C1. The summed E-state index contributed by atoms with van der Waals surface area (Å²) in [7, 11) is 0. The van der Waals surface area contributed by atoms with Crippen LogP contribution in [0.3, 0.4) is 0 Å². The van der Waals surface area contributed by atoms with Crippen molar-refractivity contribution in [1.82, 2.24) is 10.6 Å². The Morgan fingerprint density at radius 1 is 1.33 bits per heavy atom. The standard InChI is InChI=1S/C9H18N2O/c12-9-3-8(11-6-9)5-10-4-7-1-2-7/h7-12H,1-6H2. The van der Waals surface area contributed by atoms with E-state index >= 15 is 0 Å². The smallest absolute Gasteiger partial charge is 0.0680 e. The minimum absolute atomic E-state index is 0.113. The van der Waals surface area contributed by atoms with Crippen molar-refractivity contribution in [3.8, 4) is 0 Å². The number of hydrogen-bond acceptors (Lipinski definition) is 3. The second-order valence-corrected chi connectivity index (χ2v) is 4.10. The molecular formula is C9H18N2O. The minimum atomic E-state index is -0.113. The van der Waals surface area contributed by atoms with Crippen molar-refractivity contribution in [2.24, 2.45) is 5.92 Å². The zero-order chi connectivity index (χ0) is 8.39. The van der Waals surface area contributed by atoms with Gasteiger partial charge >= 0.3 is 0 Å². The van der Waals surface area contributed by atoms with Crippen LogP contribution >= 0.6 is 0 Å². The van der Waals surface area contributed by atoms with Gasteiger partial charge in [0.2, 0.25) is 0 Å². The largest absolute Gasteiger partial charge is 0.392 e. The Kier molecular flexibility index (Phi) is 2.63. The average Bonchev–Trinajstić information content (AvgIpc) is 2.76. The van der Waals surface area contributed by atoms with Gasteiger partial charge in [-0.1, -0.05) is 0 Å². The first kappa shape index (κ1) is 8.48. The lowest BCUT2D eigenvalue weighted by Crippen LogP contribution is -2.34. The van der Waals surface area contributed by atoms with E-state index in [4.69, 9.17) is 0 Å². The molecule has 2 unspecified atom stereocenters. The highest BCUT2D eigenvalue weighted by Crippen LogP contribution is 2.27. The molecule has 3 heteroatoms. The highest BCUT2D eigenvalue weighted by Gasteiger charge is 2.23. The van der Waals surface area contributed by atoms with Crippen LogP contribution in [0.4, 0.5) is 0 Å². The van der Waals surface area contributed by atoms with Gasteiger partial charge in [-0.25, -0.2) is 0 Å². The van der Waals surface area contributed by atoms with E-state index < -0.39 is 0 Å². The Morgan fingerprint density at radius 2 is 2.17 bits per heavy atom. The molecule has 1 saturated heterocycles. The van der Waals surface area contributed by atoms with Crippen LogP contribution in [-0.2, 0) is 0 Å². The molecule has 2 atom stereocenters. The summed E-state index contributed by atoms with van der Waals surface area (Å²) in [6, 6.07) is 0.499. The van der Waals surface area contributed by atoms with Crippen molar-refractivity contribution in [3.05, 3.63) is 0 Å². The fourth-order valence-corrected chi connectivity index (χ4v) is 1.74. The van der Waals surface area contributed by atoms with Crippen molar-refractivity contribution in [1.29, 1.82) is 0 Å². The fraction of sp³-hybridized carbons (Fsp3) is 1.00. The number of hydrogen-bond donors (Lipinski definition) is 3. The molecule has 2 aliphatic rings. The molecule has 70 valence electrons. The third-order valence-corrected chi connectivity index (χ3v) is 2.72. The van der Waals surface area contributed by atoms with Crippen LogP contribution in [0.5, 0.6) is 0 Å². The summed E-state index contributed by atoms with van der Waals surface area (Å²) in [5, 5.41) is 16.0. The number of aliphatic hydroxyl groups is 1. The molecule has 0 aromatic carbocycles. The van der Waals surface area contributed by atoms with Crippen molar-refractivity contribution >= 4 is 0 Å². The summed E-state index contributed by atoms with van der Waals surface area (Å²) in [5.74, 6) is 0.955. The van der Waals surface area contributed by atoms with Crippen molar-refractivity contribution in [2.45, 2.75) is 31.4 Å². The van der Waals surface area contributed by atoms with Gasteiger partial charge in [-0.3, -0.25) is 0 Å². The van der Waals surface area contributed by atoms with E-state index in [1.54, 1.807) is 0 Å². The molecule has 1 heterocycles. The molecule has 0 aromatic heterocycles. The molecule has 0 spiro atoms. The molecule has 3 nitrogen and oxygen atoms in total. The maximum atomic E-state index is 9.23. The summed E-state index contributed by atoms with van der Waals surface area (Å²) < 4.78 is 0. The molecule has 1 saturated carbocycles. The highest BCUT2D eigenvalue weighted by atomic mass is 16.3. The molecule has 3 N–H and O–H groups in total. The molecule has 0 amide bonds. The third kappa shape index (κ3) is 2.44. The molecule has 0 aromatic rings. The Morgan fingerprint density at radius 3 is 2.75 bits per heavy atom. The number of β-amino-alcohol motifs (C(OH)–C–C–N with tert-alkyl or cyclic N) is 1. The maximum Gasteiger partial charge on any atom is 0.0680 e. The van der Waals surface area contributed by atoms with Gasteiger partial charge in [0.05, 0.1) is 6.10 Å². The van der Waals surface area contributed by atoms with E-state index in [0.29, 0.717) is 6.04 Å². The molecule has 12 heavy (non-hydrogen) atoms. The zero-order valence-electron chi connectivity index (χ0n) is 7.42. The lowest BCUT2D eigenvalue weighted by atomic mass is 10.2. The molecule has 2 fully saturated rings. The minimum Gasteiger partial charge on any atom is -0.392 e. The van der Waals surface area contributed by atoms with Crippen molar-refractivity contribution in [3.63, 3.8) is 0 Å². The number of rotatable bonds is 4. The second-order valence-electron chi connectivity index (χ2n) is 4.10. The second kappa shape index (κ2) is 3.73. The van der Waals surface area contributed by atoms with Gasteiger partial charge in [-0.2, -0.15) is 0 Å². The predicted molar refractivity (Wildman–Crippen MR) is 48.0 cm³/mol. The summed E-state index contributed by atoms with van der Waals surface area (Å²) in [5.41, 5.74) is 0. The maximum absolute atomic E-state index is 9.23. The summed E-state index contributed by atoms with van der Waals surface area (Å²) in [6.45, 7) is 2.97. The average molecular weight is 170 g/mol. The number of nitrogens with one attached hydrogen (secondary N) is 2. The highest BCUT2D eigenvalue weighted by molar-refractivity contribution is 4.83. The Balaban J connectivity index is 1.54. The van der Waals surface area contributed by atoms with E-state index in [1.165, 1.54) is 19.4 Å². The monoisotopic (exact) mass is 170 g/mol. The molecule has 0 radical (unpaired) electrons. The fourth-order valence-electron chi connectivity index (χ4n) is 1.74. The van der Waals surface area contributed by atoms with Gasteiger partial charge in [-0.05, 0) is 31.7 Å². The van der Waals surface area contributed by atoms with Gasteiger partial charge in [0.1, 0.15) is 0 Å². The van der Waals surface area contributed by atoms with Crippen LogP contribution in [-0.4, -0.2) is 36.9 Å². The van der Waals surface area contributed by atoms with Crippen LogP contribution in [0.2, 0.25) is 0 Å². The van der Waals surface area contributed by atoms with Gasteiger partial charge < -0.3 is 15.7 Å². The Hall–Kier alpha value is -0.120. The van der Waals surface area contributed by atoms with Gasteiger partial charge in [0.25, 0.3) is 0 Å². The van der Waals surface area contributed by atoms with Gasteiger partial charge in [0.15, 0.2) is 0 Å². The lowest BCUT2D eigenvalue weighted by molar-refractivity contribution is 0.193. The third-order valence-electron chi connectivity index (χ3n) is 2.72. The molecular weight excluding hydrogens is 152 g/mol. The van der Waals surface area contributed by atoms with Crippen LogP contribution in [0.15, 0.2) is 0 Å². The van der Waals surface area contributed by atoms with Crippen LogP contribution in [0.25, 0.3) is 0 Å². The first-order chi connectivity index (χ1) is 5.84. The first-order valence-electron chi connectivity index (χ1n) is 4.97. The first-order valence-corrected chi connectivity index (χ1v) is 4.97. The van der Waals surface area contributed by atoms with Gasteiger partial charge in [-0.15, -0.1) is 0 Å². The Bertz CT molecular complexity index is 147. The van der Waals surface area contributed by atoms with E-state index in [2.05, 4.69) is 10.6 Å².